The van der Waals surface area contributed by atoms with Crippen molar-refractivity contribution in [3.63, 3.8) is 0 Å². The van der Waals surface area contributed by atoms with E-state index in [-0.39, 0.29) is 12.2 Å². The summed E-state index contributed by atoms with van der Waals surface area (Å²) >= 11 is 1.36. The first-order chi connectivity index (χ1) is 6.72. The van der Waals surface area contributed by atoms with Gasteiger partial charge in [-0.15, -0.1) is 11.3 Å². The smallest absolute Gasteiger partial charge is 0.145 e. The summed E-state index contributed by atoms with van der Waals surface area (Å²) in [4.78, 5) is 0.535. The molecule has 0 amide bonds. The Bertz CT molecular complexity index is 522. The molecule has 0 aliphatic carbocycles. The standard InChI is InChI=1S/C11H8FNS/c1-7-2-3-9-8(6-7)11(12)10(14-9)4-5-13/h2-3,6H,4H2,1H3. The SMILES string of the molecule is Cc1ccc2sc(CC#N)c(F)c2c1. The minimum absolute atomic E-state index is 0.157. The first kappa shape index (κ1) is 9.17. The molecule has 0 N–H and O–H groups in total. The molecule has 0 unspecified atom stereocenters. The zero-order chi connectivity index (χ0) is 10.1. The highest BCUT2D eigenvalue weighted by Gasteiger charge is 2.10. The molecule has 2 aromatic rings. The molecule has 2 rings (SSSR count). The number of thiophene rings is 1. The van der Waals surface area contributed by atoms with Crippen LogP contribution in [0.1, 0.15) is 10.4 Å². The number of nitriles is 1. The van der Waals surface area contributed by atoms with Crippen LogP contribution < -0.4 is 0 Å². The van der Waals surface area contributed by atoms with E-state index < -0.39 is 0 Å². The Morgan fingerprint density at radius 3 is 3.00 bits per heavy atom. The third-order valence-electron chi connectivity index (χ3n) is 2.09. The molecule has 1 aromatic heterocycles. The average molecular weight is 205 g/mol. The molecule has 1 nitrogen and oxygen atoms in total. The monoisotopic (exact) mass is 205 g/mol. The van der Waals surface area contributed by atoms with Gasteiger partial charge in [-0.25, -0.2) is 4.39 Å². The largest absolute Gasteiger partial charge is 0.205 e. The van der Waals surface area contributed by atoms with Crippen LogP contribution in [-0.2, 0) is 6.42 Å². The fourth-order valence-corrected chi connectivity index (χ4v) is 2.41. The molecule has 0 saturated carbocycles. The molecular formula is C11H8FNS. The topological polar surface area (TPSA) is 23.8 Å². The Morgan fingerprint density at radius 2 is 2.29 bits per heavy atom. The van der Waals surface area contributed by atoms with E-state index in [0.29, 0.717) is 10.3 Å². The number of rotatable bonds is 1. The van der Waals surface area contributed by atoms with Crippen molar-refractivity contribution in [2.75, 3.05) is 0 Å². The fraction of sp³-hybridized carbons (Fsp3) is 0.182. The zero-order valence-corrected chi connectivity index (χ0v) is 8.49. The molecule has 0 fully saturated rings. The maximum Gasteiger partial charge on any atom is 0.145 e. The molecule has 0 aliphatic rings. The van der Waals surface area contributed by atoms with Gasteiger partial charge in [0, 0.05) is 10.1 Å². The van der Waals surface area contributed by atoms with Gasteiger partial charge in [0.15, 0.2) is 0 Å². The third kappa shape index (κ3) is 1.38. The van der Waals surface area contributed by atoms with Gasteiger partial charge in [0.25, 0.3) is 0 Å². The Morgan fingerprint density at radius 1 is 1.50 bits per heavy atom. The van der Waals surface area contributed by atoms with Gasteiger partial charge in [-0.2, -0.15) is 5.26 Å². The second-order valence-corrected chi connectivity index (χ2v) is 4.31. The number of aryl methyl sites for hydroxylation is 1. The molecule has 70 valence electrons. The van der Waals surface area contributed by atoms with Gasteiger partial charge >= 0.3 is 0 Å². The number of nitrogens with zero attached hydrogens (tertiary/aromatic N) is 1. The number of fused-ring (bicyclic) bond motifs is 1. The first-order valence-corrected chi connectivity index (χ1v) is 5.08. The Balaban J connectivity index is 2.69. The van der Waals surface area contributed by atoms with Crippen LogP contribution in [0.3, 0.4) is 0 Å². The maximum atomic E-state index is 13.7. The summed E-state index contributed by atoms with van der Waals surface area (Å²) in [5.41, 5.74) is 1.04. The van der Waals surface area contributed by atoms with E-state index in [1.165, 1.54) is 11.3 Å². The van der Waals surface area contributed by atoms with Gasteiger partial charge in [-0.05, 0) is 19.1 Å². The van der Waals surface area contributed by atoms with Crippen molar-refractivity contribution < 1.29 is 4.39 Å². The van der Waals surface area contributed by atoms with Crippen LogP contribution in [0.15, 0.2) is 18.2 Å². The molecule has 1 heterocycles. The van der Waals surface area contributed by atoms with Crippen LogP contribution in [0.2, 0.25) is 0 Å². The van der Waals surface area contributed by atoms with Crippen molar-refractivity contribution in [1.29, 1.82) is 5.26 Å². The highest BCUT2D eigenvalue weighted by molar-refractivity contribution is 7.19. The second-order valence-electron chi connectivity index (χ2n) is 3.17. The summed E-state index contributed by atoms with van der Waals surface area (Å²) in [6, 6.07) is 7.65. The third-order valence-corrected chi connectivity index (χ3v) is 3.23. The highest BCUT2D eigenvalue weighted by atomic mass is 32.1. The van der Waals surface area contributed by atoms with E-state index in [1.54, 1.807) is 0 Å². The predicted molar refractivity (Wildman–Crippen MR) is 55.8 cm³/mol. The Kier molecular flexibility index (Phi) is 2.22. The van der Waals surface area contributed by atoms with Crippen LogP contribution in [0.5, 0.6) is 0 Å². The quantitative estimate of drug-likeness (QED) is 0.699. The lowest BCUT2D eigenvalue weighted by molar-refractivity contribution is 0.633. The number of hydrogen-bond acceptors (Lipinski definition) is 2. The minimum atomic E-state index is -0.227. The van der Waals surface area contributed by atoms with Gasteiger partial charge in [0.05, 0.1) is 17.4 Å². The Hall–Kier alpha value is -1.40. The van der Waals surface area contributed by atoms with Crippen molar-refractivity contribution in [2.24, 2.45) is 0 Å². The summed E-state index contributed by atoms with van der Waals surface area (Å²) in [7, 11) is 0. The molecule has 1 aromatic carbocycles. The van der Waals surface area contributed by atoms with Crippen molar-refractivity contribution in [3.8, 4) is 6.07 Å². The van der Waals surface area contributed by atoms with Gasteiger partial charge < -0.3 is 0 Å². The van der Waals surface area contributed by atoms with Crippen molar-refractivity contribution in [3.05, 3.63) is 34.5 Å². The average Bonchev–Trinajstić information content (AvgIpc) is 2.46. The van der Waals surface area contributed by atoms with Crippen LogP contribution in [0.25, 0.3) is 10.1 Å². The van der Waals surface area contributed by atoms with E-state index in [0.717, 1.165) is 10.3 Å². The number of halogens is 1. The molecule has 0 radical (unpaired) electrons. The van der Waals surface area contributed by atoms with Gasteiger partial charge in [-0.3, -0.25) is 0 Å². The summed E-state index contributed by atoms with van der Waals surface area (Å²) in [6.45, 7) is 1.93. The van der Waals surface area contributed by atoms with Gasteiger partial charge in [0.1, 0.15) is 5.82 Å². The maximum absolute atomic E-state index is 13.7. The van der Waals surface area contributed by atoms with Crippen molar-refractivity contribution >= 4 is 21.4 Å². The summed E-state index contributed by atoms with van der Waals surface area (Å²) in [5, 5.41) is 9.15. The van der Waals surface area contributed by atoms with Crippen LogP contribution in [0, 0.1) is 24.1 Å². The molecule has 3 heteroatoms. The summed E-state index contributed by atoms with van der Waals surface area (Å²) in [6.07, 6.45) is 0.157. The zero-order valence-electron chi connectivity index (χ0n) is 7.67. The predicted octanol–water partition coefficient (Wildman–Crippen LogP) is 3.41. The van der Waals surface area contributed by atoms with Crippen molar-refractivity contribution in [2.45, 2.75) is 13.3 Å². The molecule has 0 saturated heterocycles. The van der Waals surface area contributed by atoms with Crippen molar-refractivity contribution in [1.82, 2.24) is 0 Å². The van der Waals surface area contributed by atoms with E-state index in [4.69, 9.17) is 5.26 Å². The van der Waals surface area contributed by atoms with E-state index in [2.05, 4.69) is 0 Å². The van der Waals surface area contributed by atoms with Gasteiger partial charge in [-0.1, -0.05) is 11.6 Å². The molecule has 0 bridgehead atoms. The number of hydrogen-bond donors (Lipinski definition) is 0. The molecule has 14 heavy (non-hydrogen) atoms. The molecule has 0 spiro atoms. The van der Waals surface area contributed by atoms with E-state index >= 15 is 0 Å². The van der Waals surface area contributed by atoms with Crippen LogP contribution >= 0.6 is 11.3 Å². The second kappa shape index (κ2) is 3.39. The highest BCUT2D eigenvalue weighted by Crippen LogP contribution is 2.30. The molecular weight excluding hydrogens is 197 g/mol. The fourth-order valence-electron chi connectivity index (χ4n) is 1.42. The first-order valence-electron chi connectivity index (χ1n) is 4.27. The summed E-state index contributed by atoms with van der Waals surface area (Å²) < 4.78 is 14.6. The normalized spacial score (nSPS) is 10.4. The lowest BCUT2D eigenvalue weighted by Crippen LogP contribution is -1.79. The molecule has 0 atom stereocenters. The van der Waals surface area contributed by atoms with Gasteiger partial charge in [0.2, 0.25) is 0 Å². The molecule has 0 aliphatic heterocycles. The van der Waals surface area contributed by atoms with Crippen LogP contribution in [-0.4, -0.2) is 0 Å². The lowest BCUT2D eigenvalue weighted by Gasteiger charge is -1.91. The van der Waals surface area contributed by atoms with E-state index in [1.807, 2.05) is 31.2 Å². The summed E-state index contributed by atoms with van der Waals surface area (Å²) in [5.74, 6) is -0.227. The number of benzene rings is 1. The van der Waals surface area contributed by atoms with E-state index in [9.17, 15) is 4.39 Å². The minimum Gasteiger partial charge on any atom is -0.205 e. The van der Waals surface area contributed by atoms with Crippen LogP contribution in [0.4, 0.5) is 4.39 Å². The lowest BCUT2D eigenvalue weighted by atomic mass is 10.2. The Labute approximate surface area is 85.4 Å².